The Morgan fingerprint density at radius 2 is 1.50 bits per heavy atom. The zero-order chi connectivity index (χ0) is 13.3. The minimum atomic E-state index is -0.442. The molecule has 2 aliphatic carbocycles. The molecule has 0 bridgehead atoms. The SMILES string of the molecule is CC[CH2][Zr][C]1(C2C=CC=C2)C(C)=C(C)C(C)=C1C. The van der Waals surface area contributed by atoms with Crippen molar-refractivity contribution in [1.82, 2.24) is 0 Å². The molecule has 0 unspecified atom stereocenters. The van der Waals surface area contributed by atoms with Crippen molar-refractivity contribution < 1.29 is 23.2 Å². The maximum absolute atomic E-state index is 2.43. The Balaban J connectivity index is 2.49. The molecule has 2 rings (SSSR count). The molecule has 18 heavy (non-hydrogen) atoms. The molecule has 0 amide bonds. The van der Waals surface area contributed by atoms with E-state index in [0.29, 0.717) is 9.04 Å². The first-order chi connectivity index (χ1) is 8.55. The molecule has 0 N–H and O–H groups in total. The molecule has 96 valence electrons. The van der Waals surface area contributed by atoms with Crippen molar-refractivity contribution in [1.29, 1.82) is 0 Å². The molecule has 0 aromatic carbocycles. The van der Waals surface area contributed by atoms with E-state index in [2.05, 4.69) is 58.9 Å². The molecule has 0 saturated heterocycles. The van der Waals surface area contributed by atoms with Gasteiger partial charge in [-0.25, -0.2) is 0 Å². The van der Waals surface area contributed by atoms with Gasteiger partial charge in [-0.15, -0.1) is 0 Å². The van der Waals surface area contributed by atoms with Crippen LogP contribution in [-0.4, -0.2) is 0 Å². The molecule has 2 aliphatic rings. The average molecular weight is 320 g/mol. The third kappa shape index (κ3) is 1.99. The van der Waals surface area contributed by atoms with E-state index in [9.17, 15) is 0 Å². The fraction of sp³-hybridized carbons (Fsp3) is 0.529. The van der Waals surface area contributed by atoms with E-state index < -0.39 is 23.2 Å². The molecular weight excluding hydrogens is 295 g/mol. The third-order valence-electron chi connectivity index (χ3n) is 4.77. The van der Waals surface area contributed by atoms with Crippen molar-refractivity contribution in [3.8, 4) is 0 Å². The molecule has 0 heterocycles. The second-order valence-corrected chi connectivity index (χ2v) is 9.57. The Morgan fingerprint density at radius 3 is 1.94 bits per heavy atom. The minimum absolute atomic E-state index is 0.442. The van der Waals surface area contributed by atoms with Gasteiger partial charge >= 0.3 is 124 Å². The molecule has 0 fully saturated rings. The van der Waals surface area contributed by atoms with Crippen molar-refractivity contribution in [2.45, 2.75) is 48.3 Å². The molecule has 0 nitrogen and oxygen atoms in total. The van der Waals surface area contributed by atoms with Crippen LogP contribution in [0, 0.1) is 5.92 Å². The maximum atomic E-state index is 2.43. The normalized spacial score (nSPS) is 22.5. The Labute approximate surface area is 124 Å². The zero-order valence-electron chi connectivity index (χ0n) is 12.3. The molecule has 0 saturated carbocycles. The van der Waals surface area contributed by atoms with Crippen LogP contribution in [0.2, 0.25) is 7.25 Å². The summed E-state index contributed by atoms with van der Waals surface area (Å²) < 4.78 is 1.92. The fourth-order valence-electron chi connectivity index (χ4n) is 3.36. The number of hydrogen-bond acceptors (Lipinski definition) is 0. The van der Waals surface area contributed by atoms with Crippen LogP contribution in [0.3, 0.4) is 0 Å². The van der Waals surface area contributed by atoms with E-state index in [1.165, 1.54) is 10.5 Å². The topological polar surface area (TPSA) is 0 Å². The molecule has 0 spiro atoms. The molecule has 0 aromatic heterocycles. The summed E-state index contributed by atoms with van der Waals surface area (Å²) >= 11 is -0.442. The van der Waals surface area contributed by atoms with Crippen molar-refractivity contribution in [3.63, 3.8) is 0 Å². The predicted octanol–water partition coefficient (Wildman–Crippen LogP) is 5.48. The van der Waals surface area contributed by atoms with Crippen molar-refractivity contribution >= 4 is 0 Å². The van der Waals surface area contributed by atoms with E-state index in [1.807, 2.05) is 0 Å². The first kappa shape index (κ1) is 14.3. The average Bonchev–Trinajstić information content (AvgIpc) is 2.95. The third-order valence-corrected chi connectivity index (χ3v) is 10.6. The summed E-state index contributed by atoms with van der Waals surface area (Å²) in [6, 6.07) is 0. The summed E-state index contributed by atoms with van der Waals surface area (Å²) in [7, 11) is 0. The van der Waals surface area contributed by atoms with Crippen LogP contribution < -0.4 is 0 Å². The van der Waals surface area contributed by atoms with Gasteiger partial charge in [0.15, 0.2) is 0 Å². The van der Waals surface area contributed by atoms with Gasteiger partial charge in [0.1, 0.15) is 0 Å². The van der Waals surface area contributed by atoms with Gasteiger partial charge in [-0.2, -0.15) is 0 Å². The van der Waals surface area contributed by atoms with Gasteiger partial charge in [-0.3, -0.25) is 0 Å². The van der Waals surface area contributed by atoms with E-state index in [-0.39, 0.29) is 0 Å². The molecule has 1 heteroatoms. The number of rotatable bonds is 4. The standard InChI is InChI=1S/C14H17.C3H7.Zr/c1-9-10(2)12(4)14(11(9)3)13-7-5-6-8-13;1-3-2;/h5-8,13H,1-4H3;1,3H2,2H3;. The Kier molecular flexibility index (Phi) is 4.32. The van der Waals surface area contributed by atoms with Gasteiger partial charge in [0.25, 0.3) is 0 Å². The van der Waals surface area contributed by atoms with Gasteiger partial charge in [0.2, 0.25) is 0 Å². The van der Waals surface area contributed by atoms with Crippen LogP contribution in [0.15, 0.2) is 46.6 Å². The van der Waals surface area contributed by atoms with Crippen molar-refractivity contribution in [2.24, 2.45) is 5.92 Å². The molecule has 0 radical (unpaired) electrons. The van der Waals surface area contributed by atoms with Crippen LogP contribution >= 0.6 is 0 Å². The quantitative estimate of drug-likeness (QED) is 0.643. The van der Waals surface area contributed by atoms with Gasteiger partial charge in [0.05, 0.1) is 0 Å². The molecular formula is C17H24Zr. The van der Waals surface area contributed by atoms with Crippen molar-refractivity contribution in [3.05, 3.63) is 46.6 Å². The van der Waals surface area contributed by atoms with Crippen LogP contribution in [0.4, 0.5) is 0 Å². The van der Waals surface area contributed by atoms with Gasteiger partial charge < -0.3 is 0 Å². The summed E-state index contributed by atoms with van der Waals surface area (Å²) in [5.41, 5.74) is 6.49. The number of hydrogen-bond donors (Lipinski definition) is 0. The van der Waals surface area contributed by atoms with E-state index >= 15 is 0 Å². The van der Waals surface area contributed by atoms with Crippen LogP contribution in [0.1, 0.15) is 41.0 Å². The van der Waals surface area contributed by atoms with Crippen molar-refractivity contribution in [2.75, 3.05) is 0 Å². The van der Waals surface area contributed by atoms with Crippen LogP contribution in [-0.2, 0) is 23.2 Å². The Bertz CT molecular complexity index is 424. The molecule has 0 aliphatic heterocycles. The zero-order valence-corrected chi connectivity index (χ0v) is 14.8. The number of allylic oxidation sites excluding steroid dienone is 8. The van der Waals surface area contributed by atoms with E-state index in [4.69, 9.17) is 0 Å². The van der Waals surface area contributed by atoms with E-state index in [0.717, 1.165) is 0 Å². The molecule has 0 aromatic rings. The Morgan fingerprint density at radius 1 is 1.00 bits per heavy atom. The Hall–Kier alpha value is -0.157. The monoisotopic (exact) mass is 318 g/mol. The first-order valence-corrected chi connectivity index (χ1v) is 9.98. The summed E-state index contributed by atoms with van der Waals surface area (Å²) in [5, 5.41) is 0. The summed E-state index contributed by atoms with van der Waals surface area (Å²) in [6.07, 6.45) is 10.7. The second kappa shape index (κ2) is 5.45. The summed E-state index contributed by atoms with van der Waals surface area (Å²) in [4.78, 5) is 0. The summed E-state index contributed by atoms with van der Waals surface area (Å²) in [5.74, 6) is 0.642. The second-order valence-electron chi connectivity index (χ2n) is 5.53. The summed E-state index contributed by atoms with van der Waals surface area (Å²) in [6.45, 7) is 11.8. The fourth-order valence-corrected chi connectivity index (χ4v) is 8.22. The van der Waals surface area contributed by atoms with Crippen LogP contribution in [0.5, 0.6) is 0 Å². The van der Waals surface area contributed by atoms with Gasteiger partial charge in [0, 0.05) is 0 Å². The van der Waals surface area contributed by atoms with Gasteiger partial charge in [-0.1, -0.05) is 0 Å². The van der Waals surface area contributed by atoms with Crippen LogP contribution in [0.25, 0.3) is 0 Å². The molecule has 0 atom stereocenters. The van der Waals surface area contributed by atoms with Gasteiger partial charge in [-0.05, 0) is 0 Å². The van der Waals surface area contributed by atoms with E-state index in [1.54, 1.807) is 22.3 Å². The first-order valence-electron chi connectivity index (χ1n) is 7.02. The predicted molar refractivity (Wildman–Crippen MR) is 76.3 cm³/mol.